The standard InChI is InChI=1S/C22H26N2O4S/c1-28-16-20-8-5-12-24(20)29(26,27)21-10-9-17-11-13-23(15-19(17)14-21)22(25)18-6-3-2-4-7-18/h2-4,6-7,9-10,14,20H,5,8,11-13,15-16H2,1H3. The summed E-state index contributed by atoms with van der Waals surface area (Å²) in [7, 11) is -1.99. The second-order valence-electron chi connectivity index (χ2n) is 7.64. The third-order valence-electron chi connectivity index (χ3n) is 5.79. The lowest BCUT2D eigenvalue weighted by molar-refractivity contribution is 0.0734. The highest BCUT2D eigenvalue weighted by Crippen LogP contribution is 2.29. The van der Waals surface area contributed by atoms with Crippen molar-refractivity contribution in [1.29, 1.82) is 0 Å². The number of carbonyl (C=O) groups is 1. The summed E-state index contributed by atoms with van der Waals surface area (Å²) in [6, 6.07) is 14.4. The maximum Gasteiger partial charge on any atom is 0.254 e. The molecule has 154 valence electrons. The van der Waals surface area contributed by atoms with Crippen LogP contribution in [0.5, 0.6) is 0 Å². The average Bonchev–Trinajstić information content (AvgIpc) is 3.22. The molecule has 1 fully saturated rings. The Morgan fingerprint density at radius 3 is 2.66 bits per heavy atom. The van der Waals surface area contributed by atoms with E-state index in [1.165, 1.54) is 0 Å². The Labute approximate surface area is 172 Å². The molecule has 7 heteroatoms. The van der Waals surface area contributed by atoms with Gasteiger partial charge in [0.15, 0.2) is 0 Å². The van der Waals surface area contributed by atoms with E-state index in [0.717, 1.165) is 30.4 Å². The van der Waals surface area contributed by atoms with E-state index in [0.29, 0.717) is 36.7 Å². The molecular weight excluding hydrogens is 388 g/mol. The number of benzene rings is 2. The second-order valence-corrected chi connectivity index (χ2v) is 9.53. The van der Waals surface area contributed by atoms with Gasteiger partial charge in [-0.3, -0.25) is 4.79 Å². The van der Waals surface area contributed by atoms with Gasteiger partial charge in [0.05, 0.1) is 11.5 Å². The number of methoxy groups -OCH3 is 1. The molecule has 6 nitrogen and oxygen atoms in total. The lowest BCUT2D eigenvalue weighted by Crippen LogP contribution is -2.38. The molecule has 0 N–H and O–H groups in total. The molecule has 4 rings (SSSR count). The number of ether oxygens (including phenoxy) is 1. The summed E-state index contributed by atoms with van der Waals surface area (Å²) in [6.07, 6.45) is 2.39. The van der Waals surface area contributed by atoms with Gasteiger partial charge in [-0.05, 0) is 54.7 Å². The summed E-state index contributed by atoms with van der Waals surface area (Å²) in [5, 5.41) is 0. The molecule has 0 radical (unpaired) electrons. The van der Waals surface area contributed by atoms with Gasteiger partial charge in [0.25, 0.3) is 5.91 Å². The van der Waals surface area contributed by atoms with Gasteiger partial charge in [-0.15, -0.1) is 0 Å². The molecule has 2 heterocycles. The van der Waals surface area contributed by atoms with Crippen molar-refractivity contribution in [2.24, 2.45) is 0 Å². The molecule has 1 unspecified atom stereocenters. The van der Waals surface area contributed by atoms with Crippen molar-refractivity contribution in [3.8, 4) is 0 Å². The molecule has 2 aliphatic heterocycles. The predicted molar refractivity (Wildman–Crippen MR) is 110 cm³/mol. The van der Waals surface area contributed by atoms with E-state index in [4.69, 9.17) is 4.74 Å². The van der Waals surface area contributed by atoms with E-state index in [1.54, 1.807) is 28.4 Å². The maximum atomic E-state index is 13.2. The van der Waals surface area contributed by atoms with Crippen LogP contribution in [0.1, 0.15) is 34.3 Å². The van der Waals surface area contributed by atoms with Crippen molar-refractivity contribution in [3.05, 3.63) is 65.2 Å². The molecule has 0 bridgehead atoms. The van der Waals surface area contributed by atoms with Crippen LogP contribution in [0.3, 0.4) is 0 Å². The predicted octanol–water partition coefficient (Wildman–Crippen LogP) is 2.68. The zero-order chi connectivity index (χ0) is 20.4. The summed E-state index contributed by atoms with van der Waals surface area (Å²) < 4.78 is 33.2. The molecule has 0 saturated carbocycles. The third kappa shape index (κ3) is 3.95. The molecule has 0 aromatic heterocycles. The van der Waals surface area contributed by atoms with Crippen LogP contribution >= 0.6 is 0 Å². The fraction of sp³-hybridized carbons (Fsp3) is 0.409. The van der Waals surface area contributed by atoms with Crippen LogP contribution < -0.4 is 0 Å². The first-order chi connectivity index (χ1) is 14.0. The van der Waals surface area contributed by atoms with Crippen LogP contribution in [0.15, 0.2) is 53.4 Å². The van der Waals surface area contributed by atoms with Crippen molar-refractivity contribution in [2.75, 3.05) is 26.8 Å². The Kier molecular flexibility index (Phi) is 5.72. The monoisotopic (exact) mass is 414 g/mol. The Hall–Kier alpha value is -2.22. The highest BCUT2D eigenvalue weighted by molar-refractivity contribution is 7.89. The topological polar surface area (TPSA) is 66.9 Å². The number of carbonyl (C=O) groups excluding carboxylic acids is 1. The minimum absolute atomic E-state index is 0.0239. The van der Waals surface area contributed by atoms with E-state index < -0.39 is 10.0 Å². The normalized spacial score (nSPS) is 19.9. The molecule has 2 aromatic carbocycles. The van der Waals surface area contributed by atoms with E-state index in [1.807, 2.05) is 36.4 Å². The van der Waals surface area contributed by atoms with Gasteiger partial charge in [-0.25, -0.2) is 8.42 Å². The van der Waals surface area contributed by atoms with Crippen molar-refractivity contribution in [2.45, 2.75) is 36.7 Å². The minimum Gasteiger partial charge on any atom is -0.383 e. The van der Waals surface area contributed by atoms with E-state index in [9.17, 15) is 13.2 Å². The first-order valence-corrected chi connectivity index (χ1v) is 11.4. The van der Waals surface area contributed by atoms with Gasteiger partial charge in [0, 0.05) is 38.3 Å². The first kappa shape index (κ1) is 20.1. The van der Waals surface area contributed by atoms with Gasteiger partial charge in [0.2, 0.25) is 10.0 Å². The smallest absolute Gasteiger partial charge is 0.254 e. The average molecular weight is 415 g/mol. The van der Waals surface area contributed by atoms with Crippen LogP contribution in [0.2, 0.25) is 0 Å². The quantitative estimate of drug-likeness (QED) is 0.755. The fourth-order valence-electron chi connectivity index (χ4n) is 4.25. The van der Waals surface area contributed by atoms with Gasteiger partial charge >= 0.3 is 0 Å². The van der Waals surface area contributed by atoms with Crippen LogP contribution in [-0.4, -0.2) is 56.4 Å². The first-order valence-electron chi connectivity index (χ1n) is 9.97. The number of hydrogen-bond donors (Lipinski definition) is 0. The molecule has 1 saturated heterocycles. The molecule has 29 heavy (non-hydrogen) atoms. The zero-order valence-electron chi connectivity index (χ0n) is 16.6. The number of hydrogen-bond acceptors (Lipinski definition) is 4. The largest absolute Gasteiger partial charge is 0.383 e. The van der Waals surface area contributed by atoms with Gasteiger partial charge in [0.1, 0.15) is 0 Å². The lowest BCUT2D eigenvalue weighted by Gasteiger charge is -2.30. The van der Waals surface area contributed by atoms with Crippen LogP contribution in [0.25, 0.3) is 0 Å². The highest BCUT2D eigenvalue weighted by Gasteiger charge is 2.35. The lowest BCUT2D eigenvalue weighted by atomic mass is 9.99. The Balaban J connectivity index is 1.58. The minimum atomic E-state index is -3.58. The zero-order valence-corrected chi connectivity index (χ0v) is 17.4. The summed E-state index contributed by atoms with van der Waals surface area (Å²) in [4.78, 5) is 14.9. The van der Waals surface area contributed by atoms with Gasteiger partial charge < -0.3 is 9.64 Å². The Morgan fingerprint density at radius 2 is 1.90 bits per heavy atom. The number of nitrogens with zero attached hydrogens (tertiary/aromatic N) is 2. The van der Waals surface area contributed by atoms with Crippen molar-refractivity contribution in [1.82, 2.24) is 9.21 Å². The van der Waals surface area contributed by atoms with Crippen molar-refractivity contribution < 1.29 is 17.9 Å². The molecular formula is C22H26N2O4S. The summed E-state index contributed by atoms with van der Waals surface area (Å²) in [5.74, 6) is -0.0239. The van der Waals surface area contributed by atoms with Gasteiger partial charge in [-0.1, -0.05) is 24.3 Å². The van der Waals surface area contributed by atoms with Crippen molar-refractivity contribution >= 4 is 15.9 Å². The highest BCUT2D eigenvalue weighted by atomic mass is 32.2. The van der Waals surface area contributed by atoms with E-state index in [-0.39, 0.29) is 11.9 Å². The molecule has 0 spiro atoms. The van der Waals surface area contributed by atoms with E-state index in [2.05, 4.69) is 0 Å². The number of rotatable bonds is 5. The molecule has 1 amide bonds. The molecule has 0 aliphatic carbocycles. The van der Waals surface area contributed by atoms with E-state index >= 15 is 0 Å². The number of sulfonamides is 1. The van der Waals surface area contributed by atoms with Crippen LogP contribution in [0.4, 0.5) is 0 Å². The molecule has 2 aliphatic rings. The number of fused-ring (bicyclic) bond motifs is 1. The van der Waals surface area contributed by atoms with Crippen molar-refractivity contribution in [3.63, 3.8) is 0 Å². The summed E-state index contributed by atoms with van der Waals surface area (Å²) in [5.41, 5.74) is 2.67. The maximum absolute atomic E-state index is 13.2. The fourth-order valence-corrected chi connectivity index (χ4v) is 5.98. The Bertz CT molecular complexity index is 991. The molecule has 1 atom stereocenters. The summed E-state index contributed by atoms with van der Waals surface area (Å²) in [6.45, 7) is 1.98. The summed E-state index contributed by atoms with van der Waals surface area (Å²) >= 11 is 0. The third-order valence-corrected chi connectivity index (χ3v) is 7.73. The second kappa shape index (κ2) is 8.26. The Morgan fingerprint density at radius 1 is 1.10 bits per heavy atom. The SMILES string of the molecule is COCC1CCCN1S(=O)(=O)c1ccc2c(c1)CN(C(=O)c1ccccc1)CC2. The van der Waals surface area contributed by atoms with Crippen LogP contribution in [0, 0.1) is 0 Å². The number of amides is 1. The van der Waals surface area contributed by atoms with Gasteiger partial charge in [-0.2, -0.15) is 4.31 Å². The van der Waals surface area contributed by atoms with Crippen LogP contribution in [-0.2, 0) is 27.7 Å². The molecule has 2 aromatic rings.